The van der Waals surface area contributed by atoms with Gasteiger partial charge in [0.1, 0.15) is 0 Å². The molecule has 0 aliphatic carbocycles. The van der Waals surface area contributed by atoms with E-state index in [9.17, 15) is 13.6 Å². The van der Waals surface area contributed by atoms with E-state index in [0.29, 0.717) is 6.54 Å². The van der Waals surface area contributed by atoms with Crippen molar-refractivity contribution in [2.75, 3.05) is 18.4 Å². The van der Waals surface area contributed by atoms with Crippen LogP contribution < -0.4 is 15.4 Å². The van der Waals surface area contributed by atoms with E-state index in [0.717, 1.165) is 6.42 Å². The number of amides is 1. The van der Waals surface area contributed by atoms with Crippen LogP contribution in [0.3, 0.4) is 0 Å². The third-order valence-electron chi connectivity index (χ3n) is 2.20. The molecule has 1 rings (SSSR count). The Morgan fingerprint density at radius 1 is 1.50 bits per heavy atom. The minimum Gasteiger partial charge on any atom is -0.431 e. The number of benzene rings is 1. The van der Waals surface area contributed by atoms with E-state index in [-0.39, 0.29) is 33.4 Å². The minimum atomic E-state index is -3.00. The second-order valence-electron chi connectivity index (χ2n) is 3.87. The predicted molar refractivity (Wildman–Crippen MR) is 77.6 cm³/mol. The molecule has 112 valence electrons. The van der Waals surface area contributed by atoms with Gasteiger partial charge in [-0.15, -0.1) is 0 Å². The van der Waals surface area contributed by atoms with Crippen LogP contribution in [0.15, 0.2) is 16.6 Å². The average molecular weight is 372 g/mol. The van der Waals surface area contributed by atoms with E-state index >= 15 is 0 Å². The van der Waals surface area contributed by atoms with Gasteiger partial charge < -0.3 is 15.4 Å². The Bertz CT molecular complexity index is 475. The van der Waals surface area contributed by atoms with Gasteiger partial charge in [-0.05, 0) is 41.0 Å². The van der Waals surface area contributed by atoms with Crippen LogP contribution in [0.25, 0.3) is 0 Å². The Hall–Kier alpha value is -0.920. The van der Waals surface area contributed by atoms with Crippen LogP contribution in [0.2, 0.25) is 5.02 Å². The molecule has 1 aromatic rings. The van der Waals surface area contributed by atoms with Crippen LogP contribution >= 0.6 is 27.5 Å². The van der Waals surface area contributed by atoms with Crippen LogP contribution in [0.4, 0.5) is 14.5 Å². The molecule has 20 heavy (non-hydrogen) atoms. The standard InChI is InChI=1S/C12H14BrClF2N2O2/c1-2-3-17-6-10(19)18-9-5-7(14)4-8(13)11(9)20-12(15)16/h4-5,12,17H,2-3,6H2,1H3,(H,18,19). The third-order valence-corrected chi connectivity index (χ3v) is 3.01. The normalized spacial score (nSPS) is 10.7. The average Bonchev–Trinajstić information content (AvgIpc) is 2.33. The molecule has 1 aromatic carbocycles. The fourth-order valence-corrected chi connectivity index (χ4v) is 2.34. The number of alkyl halides is 2. The summed E-state index contributed by atoms with van der Waals surface area (Å²) in [6, 6.07) is 2.76. The SMILES string of the molecule is CCCNCC(=O)Nc1cc(Cl)cc(Br)c1OC(F)F. The van der Waals surface area contributed by atoms with Crippen molar-refractivity contribution in [2.45, 2.75) is 20.0 Å². The molecule has 2 N–H and O–H groups in total. The van der Waals surface area contributed by atoms with Crippen LogP contribution in [0, 0.1) is 0 Å². The van der Waals surface area contributed by atoms with Crippen molar-refractivity contribution in [3.05, 3.63) is 21.6 Å². The molecular formula is C12H14BrClF2N2O2. The van der Waals surface area contributed by atoms with Gasteiger partial charge in [-0.2, -0.15) is 8.78 Å². The fourth-order valence-electron chi connectivity index (χ4n) is 1.44. The molecule has 0 fully saturated rings. The number of ether oxygens (including phenoxy) is 1. The van der Waals surface area contributed by atoms with Crippen LogP contribution in [0.5, 0.6) is 5.75 Å². The Kier molecular flexibility index (Phi) is 7.18. The molecule has 0 heterocycles. The van der Waals surface area contributed by atoms with Crippen LogP contribution in [-0.4, -0.2) is 25.6 Å². The zero-order valence-electron chi connectivity index (χ0n) is 10.7. The van der Waals surface area contributed by atoms with Crippen LogP contribution in [0.1, 0.15) is 13.3 Å². The summed E-state index contributed by atoms with van der Waals surface area (Å²) < 4.78 is 29.4. The number of hydrogen-bond donors (Lipinski definition) is 2. The predicted octanol–water partition coefficient (Wildman–Crippen LogP) is 3.64. The van der Waals surface area contributed by atoms with E-state index in [4.69, 9.17) is 11.6 Å². The highest BCUT2D eigenvalue weighted by atomic mass is 79.9. The second-order valence-corrected chi connectivity index (χ2v) is 5.16. The molecule has 0 spiro atoms. The number of halogens is 4. The summed E-state index contributed by atoms with van der Waals surface area (Å²) in [7, 11) is 0. The number of carbonyl (C=O) groups is 1. The highest BCUT2D eigenvalue weighted by Crippen LogP contribution is 2.37. The van der Waals surface area contributed by atoms with Gasteiger partial charge >= 0.3 is 6.61 Å². The van der Waals surface area contributed by atoms with Crippen LogP contribution in [-0.2, 0) is 4.79 Å². The Morgan fingerprint density at radius 2 is 2.20 bits per heavy atom. The highest BCUT2D eigenvalue weighted by molar-refractivity contribution is 9.10. The molecule has 0 saturated heterocycles. The van der Waals surface area contributed by atoms with Gasteiger partial charge in [0.15, 0.2) is 5.75 Å². The molecule has 1 amide bonds. The zero-order chi connectivity index (χ0) is 15.1. The molecule has 8 heteroatoms. The molecule has 0 radical (unpaired) electrons. The fraction of sp³-hybridized carbons (Fsp3) is 0.417. The largest absolute Gasteiger partial charge is 0.431 e. The van der Waals surface area contributed by atoms with Gasteiger partial charge in [0, 0.05) is 5.02 Å². The second kappa shape index (κ2) is 8.39. The summed E-state index contributed by atoms with van der Waals surface area (Å²) in [6.45, 7) is -0.270. The lowest BCUT2D eigenvalue weighted by molar-refractivity contribution is -0.115. The molecule has 0 atom stereocenters. The summed E-state index contributed by atoms with van der Waals surface area (Å²) >= 11 is 8.90. The smallest absolute Gasteiger partial charge is 0.387 e. The monoisotopic (exact) mass is 370 g/mol. The Morgan fingerprint density at radius 3 is 2.80 bits per heavy atom. The summed E-state index contributed by atoms with van der Waals surface area (Å²) in [6.07, 6.45) is 0.885. The topological polar surface area (TPSA) is 50.4 Å². The van der Waals surface area contributed by atoms with E-state index < -0.39 is 6.61 Å². The molecule has 0 aromatic heterocycles. The molecule has 0 aliphatic rings. The first-order chi connectivity index (χ1) is 9.43. The molecule has 0 aliphatic heterocycles. The first-order valence-corrected chi connectivity index (χ1v) is 7.05. The molecular weight excluding hydrogens is 357 g/mol. The Labute approximate surface area is 128 Å². The molecule has 0 bridgehead atoms. The van der Waals surface area contributed by atoms with E-state index in [1.54, 1.807) is 0 Å². The maximum Gasteiger partial charge on any atom is 0.387 e. The van der Waals surface area contributed by atoms with Gasteiger partial charge in [0.05, 0.1) is 16.7 Å². The van der Waals surface area contributed by atoms with Crippen molar-refractivity contribution < 1.29 is 18.3 Å². The lowest BCUT2D eigenvalue weighted by atomic mass is 10.3. The summed E-state index contributed by atoms with van der Waals surface area (Å²) in [5.74, 6) is -0.528. The summed E-state index contributed by atoms with van der Waals surface area (Å²) in [5, 5.41) is 5.67. The van der Waals surface area contributed by atoms with Gasteiger partial charge in [-0.3, -0.25) is 4.79 Å². The quantitative estimate of drug-likeness (QED) is 0.720. The van der Waals surface area contributed by atoms with Crippen molar-refractivity contribution in [1.82, 2.24) is 5.32 Å². The maximum atomic E-state index is 12.4. The highest BCUT2D eigenvalue weighted by Gasteiger charge is 2.16. The number of carbonyl (C=O) groups excluding carboxylic acids is 1. The number of anilines is 1. The third kappa shape index (κ3) is 5.60. The van der Waals surface area contributed by atoms with E-state index in [1.807, 2.05) is 6.92 Å². The van der Waals surface area contributed by atoms with E-state index in [2.05, 4.69) is 31.3 Å². The van der Waals surface area contributed by atoms with Crippen molar-refractivity contribution in [3.8, 4) is 5.75 Å². The van der Waals surface area contributed by atoms with Crippen molar-refractivity contribution >= 4 is 39.1 Å². The van der Waals surface area contributed by atoms with Gasteiger partial charge in [-0.1, -0.05) is 18.5 Å². The van der Waals surface area contributed by atoms with Gasteiger partial charge in [0.25, 0.3) is 0 Å². The summed E-state index contributed by atoms with van der Waals surface area (Å²) in [4.78, 5) is 11.7. The first-order valence-electron chi connectivity index (χ1n) is 5.88. The summed E-state index contributed by atoms with van der Waals surface area (Å²) in [5.41, 5.74) is 0.0907. The maximum absolute atomic E-state index is 12.4. The minimum absolute atomic E-state index is 0.0755. The lowest BCUT2D eigenvalue weighted by Gasteiger charge is -2.14. The zero-order valence-corrected chi connectivity index (χ0v) is 13.0. The Balaban J connectivity index is 2.84. The number of rotatable bonds is 7. The molecule has 0 saturated carbocycles. The van der Waals surface area contributed by atoms with E-state index in [1.165, 1.54) is 12.1 Å². The number of nitrogens with one attached hydrogen (secondary N) is 2. The molecule has 4 nitrogen and oxygen atoms in total. The first kappa shape index (κ1) is 17.1. The van der Waals surface area contributed by atoms with Crippen molar-refractivity contribution in [2.24, 2.45) is 0 Å². The van der Waals surface area contributed by atoms with Gasteiger partial charge in [-0.25, -0.2) is 0 Å². The lowest BCUT2D eigenvalue weighted by Crippen LogP contribution is -2.28. The number of hydrogen-bond acceptors (Lipinski definition) is 3. The van der Waals surface area contributed by atoms with Crippen molar-refractivity contribution in [3.63, 3.8) is 0 Å². The van der Waals surface area contributed by atoms with Gasteiger partial charge in [0.2, 0.25) is 5.91 Å². The van der Waals surface area contributed by atoms with Crippen molar-refractivity contribution in [1.29, 1.82) is 0 Å². The molecule has 0 unspecified atom stereocenters.